The van der Waals surface area contributed by atoms with E-state index in [9.17, 15) is 13.2 Å². The highest BCUT2D eigenvalue weighted by molar-refractivity contribution is 5.40. The zero-order valence-electron chi connectivity index (χ0n) is 9.72. The molecular formula is C12H15F3N2. The van der Waals surface area contributed by atoms with Gasteiger partial charge in [-0.05, 0) is 12.8 Å². The van der Waals surface area contributed by atoms with E-state index in [0.29, 0.717) is 6.07 Å². The predicted molar refractivity (Wildman–Crippen MR) is 59.4 cm³/mol. The second kappa shape index (κ2) is 4.94. The SMILES string of the molecule is CN(c1nc(F)c(F)cc1F)C1CCCCC1. The maximum atomic E-state index is 13.5. The van der Waals surface area contributed by atoms with Gasteiger partial charge in [0.15, 0.2) is 17.5 Å². The number of anilines is 1. The fraction of sp³-hybridized carbons (Fsp3) is 0.583. The first kappa shape index (κ1) is 12.2. The summed E-state index contributed by atoms with van der Waals surface area (Å²) in [6.07, 6.45) is 5.23. The van der Waals surface area contributed by atoms with Crippen LogP contribution in [-0.4, -0.2) is 18.1 Å². The molecule has 0 unspecified atom stereocenters. The summed E-state index contributed by atoms with van der Waals surface area (Å²) in [6, 6.07) is 0.715. The fourth-order valence-electron chi connectivity index (χ4n) is 2.32. The van der Waals surface area contributed by atoms with Gasteiger partial charge in [0.1, 0.15) is 0 Å². The van der Waals surface area contributed by atoms with Gasteiger partial charge in [-0.1, -0.05) is 19.3 Å². The first-order valence-electron chi connectivity index (χ1n) is 5.84. The van der Waals surface area contributed by atoms with Gasteiger partial charge in [0.2, 0.25) is 0 Å². The Hall–Kier alpha value is -1.26. The smallest absolute Gasteiger partial charge is 0.251 e. The Morgan fingerprint density at radius 1 is 1.12 bits per heavy atom. The molecule has 1 aromatic rings. The molecule has 94 valence electrons. The molecule has 17 heavy (non-hydrogen) atoms. The van der Waals surface area contributed by atoms with Crippen LogP contribution < -0.4 is 4.90 Å². The Kier molecular flexibility index (Phi) is 3.54. The summed E-state index contributed by atoms with van der Waals surface area (Å²) in [5.74, 6) is -3.40. The average Bonchev–Trinajstić information content (AvgIpc) is 2.34. The molecule has 0 aliphatic heterocycles. The van der Waals surface area contributed by atoms with Crippen LogP contribution in [-0.2, 0) is 0 Å². The van der Waals surface area contributed by atoms with Crippen LogP contribution in [0, 0.1) is 17.6 Å². The first-order chi connectivity index (χ1) is 8.09. The Morgan fingerprint density at radius 3 is 2.41 bits per heavy atom. The number of pyridine rings is 1. The number of halogens is 3. The zero-order valence-corrected chi connectivity index (χ0v) is 9.72. The number of hydrogen-bond donors (Lipinski definition) is 0. The molecule has 0 spiro atoms. The van der Waals surface area contributed by atoms with Crippen molar-refractivity contribution in [3.63, 3.8) is 0 Å². The standard InChI is InChI=1S/C12H15F3N2/c1-17(8-5-3-2-4-6-8)12-10(14)7-9(13)11(15)16-12/h7-8H,2-6H2,1H3. The van der Waals surface area contributed by atoms with Crippen LogP contribution in [0.5, 0.6) is 0 Å². The second-order valence-corrected chi connectivity index (χ2v) is 4.47. The molecule has 1 aliphatic carbocycles. The highest BCUT2D eigenvalue weighted by Crippen LogP contribution is 2.27. The van der Waals surface area contributed by atoms with Crippen molar-refractivity contribution in [3.05, 3.63) is 23.6 Å². The Morgan fingerprint density at radius 2 is 1.76 bits per heavy atom. The summed E-state index contributed by atoms with van der Waals surface area (Å²) in [6.45, 7) is 0. The number of nitrogens with zero attached hydrogens (tertiary/aromatic N) is 2. The molecule has 1 aliphatic rings. The second-order valence-electron chi connectivity index (χ2n) is 4.47. The van der Waals surface area contributed by atoms with Crippen LogP contribution in [0.4, 0.5) is 19.0 Å². The van der Waals surface area contributed by atoms with E-state index < -0.39 is 17.6 Å². The highest BCUT2D eigenvalue weighted by Gasteiger charge is 2.23. The van der Waals surface area contributed by atoms with Crippen molar-refractivity contribution in [1.82, 2.24) is 4.98 Å². The van der Waals surface area contributed by atoms with E-state index in [1.165, 1.54) is 6.42 Å². The molecule has 1 saturated carbocycles. The molecule has 0 amide bonds. The fourth-order valence-corrected chi connectivity index (χ4v) is 2.32. The number of rotatable bonds is 2. The topological polar surface area (TPSA) is 16.1 Å². The Labute approximate surface area is 98.5 Å². The molecule has 0 saturated heterocycles. The molecule has 1 heterocycles. The molecule has 0 atom stereocenters. The monoisotopic (exact) mass is 244 g/mol. The number of aromatic nitrogens is 1. The normalized spacial score (nSPS) is 17.2. The minimum Gasteiger partial charge on any atom is -0.354 e. The molecule has 2 rings (SSSR count). The van der Waals surface area contributed by atoms with E-state index in [2.05, 4.69) is 4.98 Å². The van der Waals surface area contributed by atoms with Crippen molar-refractivity contribution in [3.8, 4) is 0 Å². The van der Waals surface area contributed by atoms with Gasteiger partial charge in [-0.3, -0.25) is 0 Å². The third-order valence-electron chi connectivity index (χ3n) is 3.32. The van der Waals surface area contributed by atoms with Crippen molar-refractivity contribution >= 4 is 5.82 Å². The lowest BCUT2D eigenvalue weighted by Gasteiger charge is -2.32. The lowest BCUT2D eigenvalue weighted by molar-refractivity contribution is 0.414. The van der Waals surface area contributed by atoms with Crippen LogP contribution in [0.3, 0.4) is 0 Å². The zero-order chi connectivity index (χ0) is 12.4. The van der Waals surface area contributed by atoms with Gasteiger partial charge in [0.25, 0.3) is 5.95 Å². The van der Waals surface area contributed by atoms with E-state index in [1.54, 1.807) is 11.9 Å². The Bertz CT molecular complexity index is 403. The van der Waals surface area contributed by atoms with E-state index in [0.717, 1.165) is 25.7 Å². The van der Waals surface area contributed by atoms with Crippen LogP contribution >= 0.6 is 0 Å². The molecule has 5 heteroatoms. The lowest BCUT2D eigenvalue weighted by atomic mass is 9.94. The van der Waals surface area contributed by atoms with Gasteiger partial charge in [-0.2, -0.15) is 9.37 Å². The molecule has 0 radical (unpaired) electrons. The molecule has 0 bridgehead atoms. The molecule has 1 fully saturated rings. The van der Waals surface area contributed by atoms with Gasteiger partial charge in [-0.25, -0.2) is 8.78 Å². The van der Waals surface area contributed by atoms with Crippen LogP contribution in [0.15, 0.2) is 6.07 Å². The van der Waals surface area contributed by atoms with Crippen molar-refractivity contribution < 1.29 is 13.2 Å². The van der Waals surface area contributed by atoms with Gasteiger partial charge in [0.05, 0.1) is 0 Å². The largest absolute Gasteiger partial charge is 0.354 e. The predicted octanol–water partition coefficient (Wildman–Crippen LogP) is 3.27. The van der Waals surface area contributed by atoms with Gasteiger partial charge in [-0.15, -0.1) is 0 Å². The average molecular weight is 244 g/mol. The van der Waals surface area contributed by atoms with Crippen molar-refractivity contribution in [1.29, 1.82) is 0 Å². The van der Waals surface area contributed by atoms with E-state index in [-0.39, 0.29) is 11.9 Å². The summed E-state index contributed by atoms with van der Waals surface area (Å²) in [5, 5.41) is 0. The molecule has 1 aromatic heterocycles. The van der Waals surface area contributed by atoms with Crippen molar-refractivity contribution in [2.75, 3.05) is 11.9 Å². The van der Waals surface area contributed by atoms with Crippen LogP contribution in [0.25, 0.3) is 0 Å². The maximum absolute atomic E-state index is 13.5. The van der Waals surface area contributed by atoms with E-state index in [4.69, 9.17) is 0 Å². The lowest BCUT2D eigenvalue weighted by Crippen LogP contribution is -2.34. The van der Waals surface area contributed by atoms with Gasteiger partial charge in [0, 0.05) is 19.2 Å². The third-order valence-corrected chi connectivity index (χ3v) is 3.32. The maximum Gasteiger partial charge on any atom is 0.251 e. The van der Waals surface area contributed by atoms with Crippen molar-refractivity contribution in [2.24, 2.45) is 0 Å². The summed E-state index contributed by atoms with van der Waals surface area (Å²) in [5.41, 5.74) is 0. The summed E-state index contributed by atoms with van der Waals surface area (Å²) in [4.78, 5) is 4.98. The minimum absolute atomic E-state index is 0.101. The van der Waals surface area contributed by atoms with E-state index >= 15 is 0 Å². The van der Waals surface area contributed by atoms with Gasteiger partial charge >= 0.3 is 0 Å². The summed E-state index contributed by atoms with van der Waals surface area (Å²) in [7, 11) is 1.68. The third kappa shape index (κ3) is 2.53. The quantitative estimate of drug-likeness (QED) is 0.742. The molecule has 0 aromatic carbocycles. The summed E-state index contributed by atoms with van der Waals surface area (Å²) >= 11 is 0. The number of hydrogen-bond acceptors (Lipinski definition) is 2. The minimum atomic E-state index is -1.25. The highest BCUT2D eigenvalue weighted by atomic mass is 19.2. The van der Waals surface area contributed by atoms with Crippen LogP contribution in [0.2, 0.25) is 0 Å². The van der Waals surface area contributed by atoms with E-state index in [1.807, 2.05) is 0 Å². The van der Waals surface area contributed by atoms with Crippen LogP contribution in [0.1, 0.15) is 32.1 Å². The molecule has 2 nitrogen and oxygen atoms in total. The van der Waals surface area contributed by atoms with Gasteiger partial charge < -0.3 is 4.90 Å². The molecular weight excluding hydrogens is 229 g/mol. The molecule has 0 N–H and O–H groups in total. The summed E-state index contributed by atoms with van der Waals surface area (Å²) < 4.78 is 39.3. The first-order valence-corrected chi connectivity index (χ1v) is 5.84. The van der Waals surface area contributed by atoms with Crippen molar-refractivity contribution in [2.45, 2.75) is 38.1 Å². The Balaban J connectivity index is 2.23.